The van der Waals surface area contributed by atoms with E-state index >= 15 is 0 Å². The van der Waals surface area contributed by atoms with Gasteiger partial charge in [0.1, 0.15) is 5.82 Å². The van der Waals surface area contributed by atoms with Crippen LogP contribution in [-0.4, -0.2) is 19.9 Å². The highest BCUT2D eigenvalue weighted by molar-refractivity contribution is 5.60. The van der Waals surface area contributed by atoms with Crippen molar-refractivity contribution in [1.82, 2.24) is 19.9 Å². The van der Waals surface area contributed by atoms with E-state index in [0.29, 0.717) is 5.82 Å². The molecule has 0 aromatic carbocycles. The van der Waals surface area contributed by atoms with Crippen LogP contribution in [0.2, 0.25) is 0 Å². The average Bonchev–Trinajstić information content (AvgIpc) is 2.38. The lowest BCUT2D eigenvalue weighted by atomic mass is 10.1. The third kappa shape index (κ3) is 2.45. The Morgan fingerprint density at radius 1 is 1.22 bits per heavy atom. The second-order valence-electron chi connectivity index (χ2n) is 4.42. The second kappa shape index (κ2) is 5.08. The highest BCUT2D eigenvalue weighted by atomic mass is 15.1. The zero-order valence-corrected chi connectivity index (χ0v) is 10.9. The molecule has 0 fully saturated rings. The minimum atomic E-state index is 0.223. The van der Waals surface area contributed by atoms with Crippen LogP contribution < -0.4 is 5.73 Å². The number of pyridine rings is 1. The molecule has 0 aliphatic heterocycles. The Kier molecular flexibility index (Phi) is 3.50. The largest absolute Gasteiger partial charge is 0.368 e. The van der Waals surface area contributed by atoms with E-state index < -0.39 is 0 Å². The summed E-state index contributed by atoms with van der Waals surface area (Å²) < 4.78 is 0. The molecule has 2 aromatic heterocycles. The fourth-order valence-corrected chi connectivity index (χ4v) is 1.72. The van der Waals surface area contributed by atoms with Crippen molar-refractivity contribution in [2.24, 2.45) is 0 Å². The predicted molar refractivity (Wildman–Crippen MR) is 70.9 cm³/mol. The zero-order chi connectivity index (χ0) is 13.1. The van der Waals surface area contributed by atoms with Crippen LogP contribution >= 0.6 is 0 Å². The molecule has 2 rings (SSSR count). The van der Waals surface area contributed by atoms with Gasteiger partial charge in [0.05, 0.1) is 0 Å². The lowest BCUT2D eigenvalue weighted by Crippen LogP contribution is -2.07. The highest BCUT2D eigenvalue weighted by Gasteiger charge is 2.12. The molecule has 0 aliphatic rings. The molecule has 18 heavy (non-hydrogen) atoms. The van der Waals surface area contributed by atoms with Gasteiger partial charge in [-0.05, 0) is 18.1 Å². The maximum atomic E-state index is 5.75. The van der Waals surface area contributed by atoms with Crippen LogP contribution in [0.1, 0.15) is 38.1 Å². The molecule has 2 N–H and O–H groups in total. The van der Waals surface area contributed by atoms with Gasteiger partial charge in [-0.2, -0.15) is 9.97 Å². The first-order valence-corrected chi connectivity index (χ1v) is 6.06. The molecule has 5 nitrogen and oxygen atoms in total. The topological polar surface area (TPSA) is 77.6 Å². The SMILES string of the molecule is CCc1cnccc1-c1nc(N)nc(C(C)C)n1. The van der Waals surface area contributed by atoms with Gasteiger partial charge in [-0.1, -0.05) is 20.8 Å². The normalized spacial score (nSPS) is 10.9. The standard InChI is InChI=1S/C13H17N5/c1-4-9-7-15-6-5-10(9)12-16-11(8(2)3)17-13(14)18-12/h5-8H,4H2,1-3H3,(H2,14,16,17,18). The number of rotatable bonds is 3. The lowest BCUT2D eigenvalue weighted by Gasteiger charge is -2.09. The van der Waals surface area contributed by atoms with Crippen molar-refractivity contribution in [2.45, 2.75) is 33.1 Å². The Balaban J connectivity index is 2.56. The number of hydrogen-bond donors (Lipinski definition) is 1. The maximum absolute atomic E-state index is 5.75. The van der Waals surface area contributed by atoms with Gasteiger partial charge >= 0.3 is 0 Å². The molecular weight excluding hydrogens is 226 g/mol. The van der Waals surface area contributed by atoms with E-state index in [2.05, 4.69) is 26.9 Å². The molecule has 94 valence electrons. The summed E-state index contributed by atoms with van der Waals surface area (Å²) in [6, 6.07) is 1.91. The van der Waals surface area contributed by atoms with E-state index in [4.69, 9.17) is 5.73 Å². The van der Waals surface area contributed by atoms with Crippen LogP contribution in [-0.2, 0) is 6.42 Å². The van der Waals surface area contributed by atoms with Crippen LogP contribution in [0.4, 0.5) is 5.95 Å². The summed E-state index contributed by atoms with van der Waals surface area (Å²) in [5, 5.41) is 0. The van der Waals surface area contributed by atoms with Crippen molar-refractivity contribution in [3.8, 4) is 11.4 Å². The number of anilines is 1. The minimum absolute atomic E-state index is 0.223. The van der Waals surface area contributed by atoms with Gasteiger partial charge in [0.2, 0.25) is 5.95 Å². The molecule has 0 spiro atoms. The molecular formula is C13H17N5. The molecule has 2 aromatic rings. The Labute approximate surface area is 107 Å². The van der Waals surface area contributed by atoms with Crippen molar-refractivity contribution in [3.05, 3.63) is 29.8 Å². The number of hydrogen-bond acceptors (Lipinski definition) is 5. The van der Waals surface area contributed by atoms with E-state index in [-0.39, 0.29) is 11.9 Å². The smallest absolute Gasteiger partial charge is 0.223 e. The van der Waals surface area contributed by atoms with Gasteiger partial charge in [0.15, 0.2) is 5.82 Å². The van der Waals surface area contributed by atoms with Gasteiger partial charge in [0.25, 0.3) is 0 Å². The number of nitrogens with zero attached hydrogens (tertiary/aromatic N) is 4. The zero-order valence-electron chi connectivity index (χ0n) is 10.9. The Bertz CT molecular complexity index is 551. The van der Waals surface area contributed by atoms with Gasteiger partial charge < -0.3 is 5.73 Å². The van der Waals surface area contributed by atoms with Gasteiger partial charge in [-0.25, -0.2) is 4.98 Å². The summed E-state index contributed by atoms with van der Waals surface area (Å²) in [6.07, 6.45) is 4.46. The van der Waals surface area contributed by atoms with Gasteiger partial charge in [-0.15, -0.1) is 0 Å². The fourth-order valence-electron chi connectivity index (χ4n) is 1.72. The van der Waals surface area contributed by atoms with Crippen molar-refractivity contribution < 1.29 is 0 Å². The van der Waals surface area contributed by atoms with E-state index in [1.807, 2.05) is 26.1 Å². The minimum Gasteiger partial charge on any atom is -0.368 e. The van der Waals surface area contributed by atoms with Gasteiger partial charge in [-0.3, -0.25) is 4.98 Å². The summed E-state index contributed by atoms with van der Waals surface area (Å²) in [5.74, 6) is 1.84. The van der Waals surface area contributed by atoms with E-state index in [1.165, 1.54) is 0 Å². The molecule has 0 unspecified atom stereocenters. The van der Waals surface area contributed by atoms with Crippen molar-refractivity contribution in [1.29, 1.82) is 0 Å². The Morgan fingerprint density at radius 3 is 2.67 bits per heavy atom. The van der Waals surface area contributed by atoms with Crippen LogP contribution in [0.15, 0.2) is 18.5 Å². The van der Waals surface area contributed by atoms with Crippen molar-refractivity contribution in [3.63, 3.8) is 0 Å². The molecule has 0 saturated heterocycles. The molecule has 2 heterocycles. The first-order valence-electron chi connectivity index (χ1n) is 6.06. The van der Waals surface area contributed by atoms with Gasteiger partial charge in [0, 0.05) is 23.9 Å². The molecule has 0 amide bonds. The number of aromatic nitrogens is 4. The summed E-state index contributed by atoms with van der Waals surface area (Å²) >= 11 is 0. The molecule has 0 bridgehead atoms. The van der Waals surface area contributed by atoms with E-state index in [9.17, 15) is 0 Å². The summed E-state index contributed by atoms with van der Waals surface area (Å²) in [5.41, 5.74) is 7.83. The van der Waals surface area contributed by atoms with Crippen molar-refractivity contribution in [2.75, 3.05) is 5.73 Å². The first-order chi connectivity index (χ1) is 8.61. The van der Waals surface area contributed by atoms with Crippen molar-refractivity contribution >= 4 is 5.95 Å². The highest BCUT2D eigenvalue weighted by Crippen LogP contribution is 2.21. The summed E-state index contributed by atoms with van der Waals surface area (Å²) in [4.78, 5) is 17.0. The van der Waals surface area contributed by atoms with Crippen LogP contribution in [0.5, 0.6) is 0 Å². The molecule has 0 saturated carbocycles. The Morgan fingerprint density at radius 2 is 2.00 bits per heavy atom. The number of nitrogens with two attached hydrogens (primary N) is 1. The van der Waals surface area contributed by atoms with Crippen LogP contribution in [0.25, 0.3) is 11.4 Å². The average molecular weight is 243 g/mol. The third-order valence-corrected chi connectivity index (χ3v) is 2.71. The Hall–Kier alpha value is -2.04. The van der Waals surface area contributed by atoms with E-state index in [1.54, 1.807) is 6.20 Å². The molecule has 0 atom stereocenters. The van der Waals surface area contributed by atoms with Crippen LogP contribution in [0, 0.1) is 0 Å². The molecule has 5 heteroatoms. The third-order valence-electron chi connectivity index (χ3n) is 2.71. The summed E-state index contributed by atoms with van der Waals surface area (Å²) in [6.45, 7) is 6.14. The number of nitrogen functional groups attached to an aromatic ring is 1. The molecule has 0 radical (unpaired) electrons. The fraction of sp³-hybridized carbons (Fsp3) is 0.385. The second-order valence-corrected chi connectivity index (χ2v) is 4.42. The quantitative estimate of drug-likeness (QED) is 0.894. The lowest BCUT2D eigenvalue weighted by molar-refractivity contribution is 0.766. The van der Waals surface area contributed by atoms with Crippen LogP contribution in [0.3, 0.4) is 0 Å². The first kappa shape index (κ1) is 12.4. The monoisotopic (exact) mass is 243 g/mol. The number of aryl methyl sites for hydroxylation is 1. The predicted octanol–water partition coefficient (Wildman–Crippen LogP) is 2.20. The molecule has 0 aliphatic carbocycles. The summed E-state index contributed by atoms with van der Waals surface area (Å²) in [7, 11) is 0. The maximum Gasteiger partial charge on any atom is 0.223 e. The van der Waals surface area contributed by atoms with E-state index in [0.717, 1.165) is 23.4 Å².